The molecule has 0 aliphatic carbocycles. The first-order chi connectivity index (χ1) is 9.85. The van der Waals surface area contributed by atoms with Crippen molar-refractivity contribution in [1.82, 2.24) is 0 Å². The molecule has 1 fully saturated rings. The second-order valence-electron chi connectivity index (χ2n) is 6.56. The Morgan fingerprint density at radius 2 is 1.90 bits per heavy atom. The molecule has 1 aliphatic rings. The molecule has 0 spiro atoms. The molecular weight excluding hydrogens is 268 g/mol. The molecule has 21 heavy (non-hydrogen) atoms. The zero-order valence-electron chi connectivity index (χ0n) is 13.3. The lowest BCUT2D eigenvalue weighted by molar-refractivity contribution is -0.0320. The summed E-state index contributed by atoms with van der Waals surface area (Å²) in [4.78, 5) is 11.1. The van der Waals surface area contributed by atoms with Gasteiger partial charge in [-0.15, -0.1) is 0 Å². The Morgan fingerprint density at radius 3 is 2.38 bits per heavy atom. The molecule has 116 valence electrons. The number of methoxy groups -OCH3 is 1. The fourth-order valence-electron chi connectivity index (χ4n) is 2.26. The summed E-state index contributed by atoms with van der Waals surface area (Å²) in [5.41, 5.74) is 2.80. The van der Waals surface area contributed by atoms with E-state index in [1.807, 2.05) is 0 Å². The van der Waals surface area contributed by atoms with Crippen molar-refractivity contribution in [1.29, 1.82) is 0 Å². The average molecular weight is 292 g/mol. The van der Waals surface area contributed by atoms with Crippen molar-refractivity contribution < 1.29 is 19.0 Å². The van der Waals surface area contributed by atoms with Gasteiger partial charge < -0.3 is 14.2 Å². The third-order valence-corrected chi connectivity index (χ3v) is 3.75. The van der Waals surface area contributed by atoms with Crippen LogP contribution in [0.15, 0.2) is 24.3 Å². The van der Waals surface area contributed by atoms with Crippen LogP contribution in [0.3, 0.4) is 0 Å². The van der Waals surface area contributed by atoms with Crippen LogP contribution in [0.5, 0.6) is 0 Å². The van der Waals surface area contributed by atoms with E-state index in [0.29, 0.717) is 13.0 Å². The standard InChI is InChI=1S/C17H24O4/c1-16(2,3)14-9-7-13(8-10-14)6-5-11-17(12-20-17)21-15(18)19-4/h7-10H,5-6,11-12H2,1-4H3. The summed E-state index contributed by atoms with van der Waals surface area (Å²) in [6.07, 6.45) is 1.87. The number of aryl methyl sites for hydroxylation is 1. The van der Waals surface area contributed by atoms with E-state index in [4.69, 9.17) is 9.47 Å². The lowest BCUT2D eigenvalue weighted by Gasteiger charge is -2.19. The van der Waals surface area contributed by atoms with Crippen molar-refractivity contribution in [2.45, 2.75) is 51.2 Å². The normalized spacial score (nSPS) is 21.0. The fraction of sp³-hybridized carbons (Fsp3) is 0.588. The Bertz CT molecular complexity index is 481. The first-order valence-corrected chi connectivity index (χ1v) is 7.35. The van der Waals surface area contributed by atoms with Crippen molar-refractivity contribution in [3.8, 4) is 0 Å². The highest BCUT2D eigenvalue weighted by Gasteiger charge is 2.49. The number of carbonyl (C=O) groups is 1. The maximum absolute atomic E-state index is 11.1. The van der Waals surface area contributed by atoms with Crippen LogP contribution in [0.4, 0.5) is 4.79 Å². The lowest BCUT2D eigenvalue weighted by Crippen LogP contribution is -2.21. The minimum Gasteiger partial charge on any atom is -0.438 e. The van der Waals surface area contributed by atoms with E-state index in [2.05, 4.69) is 49.8 Å². The van der Waals surface area contributed by atoms with Crippen LogP contribution in [0.2, 0.25) is 0 Å². The Kier molecular flexibility index (Phi) is 4.57. The van der Waals surface area contributed by atoms with Crippen molar-refractivity contribution in [2.24, 2.45) is 0 Å². The van der Waals surface area contributed by atoms with Gasteiger partial charge >= 0.3 is 6.16 Å². The van der Waals surface area contributed by atoms with Gasteiger partial charge in [-0.05, 0) is 29.4 Å². The molecule has 0 radical (unpaired) electrons. The maximum atomic E-state index is 11.1. The molecule has 1 aliphatic heterocycles. The number of epoxide rings is 1. The van der Waals surface area contributed by atoms with Gasteiger partial charge in [0.2, 0.25) is 5.79 Å². The number of benzene rings is 1. The molecule has 0 bridgehead atoms. The first-order valence-electron chi connectivity index (χ1n) is 7.35. The highest BCUT2D eigenvalue weighted by atomic mass is 16.8. The van der Waals surface area contributed by atoms with E-state index >= 15 is 0 Å². The summed E-state index contributed by atoms with van der Waals surface area (Å²) in [6, 6.07) is 8.71. The van der Waals surface area contributed by atoms with E-state index in [9.17, 15) is 4.79 Å². The molecule has 1 aromatic carbocycles. The van der Waals surface area contributed by atoms with Crippen molar-refractivity contribution >= 4 is 6.16 Å². The SMILES string of the molecule is COC(=O)OC1(CCCc2ccc(C(C)(C)C)cc2)CO1. The second-order valence-corrected chi connectivity index (χ2v) is 6.56. The highest BCUT2D eigenvalue weighted by Crippen LogP contribution is 2.34. The van der Waals surface area contributed by atoms with Gasteiger partial charge in [0, 0.05) is 6.42 Å². The molecule has 2 rings (SSSR count). The summed E-state index contributed by atoms with van der Waals surface area (Å²) >= 11 is 0. The van der Waals surface area contributed by atoms with Crippen LogP contribution >= 0.6 is 0 Å². The number of ether oxygens (including phenoxy) is 3. The molecule has 4 heteroatoms. The Morgan fingerprint density at radius 1 is 1.29 bits per heavy atom. The van der Waals surface area contributed by atoms with Gasteiger partial charge in [0.05, 0.1) is 7.11 Å². The number of carbonyl (C=O) groups excluding carboxylic acids is 1. The first kappa shape index (κ1) is 15.8. The fourth-order valence-corrected chi connectivity index (χ4v) is 2.26. The lowest BCUT2D eigenvalue weighted by atomic mass is 9.86. The van der Waals surface area contributed by atoms with Gasteiger partial charge in [0.25, 0.3) is 0 Å². The van der Waals surface area contributed by atoms with Gasteiger partial charge in [0.1, 0.15) is 6.61 Å². The molecule has 1 unspecified atom stereocenters. The Balaban J connectivity index is 1.80. The van der Waals surface area contributed by atoms with Crippen molar-refractivity contribution in [2.75, 3.05) is 13.7 Å². The van der Waals surface area contributed by atoms with E-state index in [1.54, 1.807) is 0 Å². The molecule has 0 saturated carbocycles. The smallest absolute Gasteiger partial charge is 0.438 e. The summed E-state index contributed by atoms with van der Waals surface area (Å²) in [5.74, 6) is -0.738. The zero-order chi connectivity index (χ0) is 15.5. The minimum absolute atomic E-state index is 0.179. The van der Waals surface area contributed by atoms with Gasteiger partial charge in [-0.3, -0.25) is 0 Å². The van der Waals surface area contributed by atoms with Crippen LogP contribution in [0.25, 0.3) is 0 Å². The maximum Gasteiger partial charge on any atom is 0.510 e. The molecule has 0 amide bonds. The molecule has 1 heterocycles. The average Bonchev–Trinajstić information content (AvgIpc) is 3.18. The monoisotopic (exact) mass is 292 g/mol. The zero-order valence-corrected chi connectivity index (χ0v) is 13.3. The quantitative estimate of drug-likeness (QED) is 0.611. The second kappa shape index (κ2) is 6.06. The molecule has 0 N–H and O–H groups in total. The van der Waals surface area contributed by atoms with Crippen LogP contribution in [0.1, 0.15) is 44.7 Å². The van der Waals surface area contributed by atoms with Gasteiger partial charge in [-0.1, -0.05) is 45.0 Å². The predicted octanol–water partition coefficient (Wildman–Crippen LogP) is 3.82. The van der Waals surface area contributed by atoms with E-state index in [0.717, 1.165) is 12.8 Å². The van der Waals surface area contributed by atoms with E-state index < -0.39 is 11.9 Å². The number of hydrogen-bond donors (Lipinski definition) is 0. The van der Waals surface area contributed by atoms with Gasteiger partial charge in [0.15, 0.2) is 0 Å². The molecular formula is C17H24O4. The predicted molar refractivity (Wildman–Crippen MR) is 80.3 cm³/mol. The van der Waals surface area contributed by atoms with Crippen LogP contribution in [-0.4, -0.2) is 25.7 Å². The number of hydrogen-bond acceptors (Lipinski definition) is 4. The third-order valence-electron chi connectivity index (χ3n) is 3.75. The largest absolute Gasteiger partial charge is 0.510 e. The highest BCUT2D eigenvalue weighted by molar-refractivity contribution is 5.60. The number of rotatable bonds is 5. The van der Waals surface area contributed by atoms with Crippen LogP contribution in [0, 0.1) is 0 Å². The Labute approximate surface area is 126 Å². The van der Waals surface area contributed by atoms with Crippen LogP contribution < -0.4 is 0 Å². The van der Waals surface area contributed by atoms with E-state index in [1.165, 1.54) is 18.2 Å². The van der Waals surface area contributed by atoms with Crippen molar-refractivity contribution in [3.63, 3.8) is 0 Å². The van der Waals surface area contributed by atoms with E-state index in [-0.39, 0.29) is 5.41 Å². The molecule has 1 aromatic rings. The van der Waals surface area contributed by atoms with Crippen molar-refractivity contribution in [3.05, 3.63) is 35.4 Å². The van der Waals surface area contributed by atoms with Crippen LogP contribution in [-0.2, 0) is 26.0 Å². The summed E-state index contributed by atoms with van der Waals surface area (Å²) in [7, 11) is 1.30. The van der Waals surface area contributed by atoms with Gasteiger partial charge in [-0.2, -0.15) is 0 Å². The van der Waals surface area contributed by atoms with Gasteiger partial charge in [-0.25, -0.2) is 4.79 Å². The summed E-state index contributed by atoms with van der Waals surface area (Å²) in [5, 5.41) is 0. The summed E-state index contributed by atoms with van der Waals surface area (Å²) in [6.45, 7) is 7.09. The molecule has 1 atom stereocenters. The molecule has 1 saturated heterocycles. The molecule has 0 aromatic heterocycles. The molecule has 4 nitrogen and oxygen atoms in total. The Hall–Kier alpha value is -1.55. The minimum atomic E-state index is -0.738. The summed E-state index contributed by atoms with van der Waals surface area (Å²) < 4.78 is 14.9. The topological polar surface area (TPSA) is 48.1 Å². The third kappa shape index (κ3) is 4.46.